The second-order valence-electron chi connectivity index (χ2n) is 7.26. The molecule has 0 amide bonds. The quantitative estimate of drug-likeness (QED) is 0.703. The van der Waals surface area contributed by atoms with Gasteiger partial charge in [-0.25, -0.2) is 9.97 Å². The van der Waals surface area contributed by atoms with E-state index in [1.54, 1.807) is 0 Å². The molecule has 0 radical (unpaired) electrons. The minimum Gasteiger partial charge on any atom is -0.388 e. The lowest BCUT2D eigenvalue weighted by Gasteiger charge is -2.38. The molecular weight excluding hydrogens is 348 g/mol. The molecule has 144 valence electrons. The summed E-state index contributed by atoms with van der Waals surface area (Å²) < 4.78 is 0. The Morgan fingerprint density at radius 1 is 1.15 bits per heavy atom. The van der Waals surface area contributed by atoms with Crippen LogP contribution in [0.25, 0.3) is 0 Å². The summed E-state index contributed by atoms with van der Waals surface area (Å²) in [4.78, 5) is 13.8. The van der Waals surface area contributed by atoms with Crippen LogP contribution in [0, 0.1) is 0 Å². The standard InChI is InChI=1S/C20H30N4O.ClH/c1-3-10-20(25,11-4-2)18-8-7-15-24(18)16-17-9-12-21-19(22-17)23-13-5-6-14-23;/h3-4,9,12,18,25H,1-2,5-8,10-11,13-16H2;1H. The number of aliphatic hydroxyl groups is 1. The Labute approximate surface area is 163 Å². The third kappa shape index (κ3) is 4.64. The molecule has 0 spiro atoms. The van der Waals surface area contributed by atoms with Gasteiger partial charge in [0.25, 0.3) is 0 Å². The van der Waals surface area contributed by atoms with E-state index in [1.165, 1.54) is 12.8 Å². The smallest absolute Gasteiger partial charge is 0.225 e. The second-order valence-corrected chi connectivity index (χ2v) is 7.26. The lowest BCUT2D eigenvalue weighted by atomic mass is 9.85. The molecule has 1 atom stereocenters. The van der Waals surface area contributed by atoms with Crippen LogP contribution in [-0.4, -0.2) is 51.3 Å². The van der Waals surface area contributed by atoms with E-state index in [2.05, 4.69) is 27.9 Å². The molecule has 3 heterocycles. The topological polar surface area (TPSA) is 52.5 Å². The van der Waals surface area contributed by atoms with Gasteiger partial charge in [-0.1, -0.05) is 12.2 Å². The number of halogens is 1. The first-order valence-electron chi connectivity index (χ1n) is 9.41. The van der Waals surface area contributed by atoms with Crippen molar-refractivity contribution in [2.75, 3.05) is 24.5 Å². The molecule has 6 heteroatoms. The summed E-state index contributed by atoms with van der Waals surface area (Å²) in [7, 11) is 0. The molecule has 0 saturated carbocycles. The van der Waals surface area contributed by atoms with Crippen LogP contribution in [0.1, 0.15) is 44.2 Å². The molecule has 2 aliphatic rings. The molecule has 0 aliphatic carbocycles. The number of nitrogens with zero attached hydrogens (tertiary/aromatic N) is 4. The molecule has 2 saturated heterocycles. The molecule has 2 aliphatic heterocycles. The predicted octanol–water partition coefficient (Wildman–Crippen LogP) is 3.35. The van der Waals surface area contributed by atoms with E-state index in [0.717, 1.165) is 50.7 Å². The van der Waals surface area contributed by atoms with Gasteiger partial charge in [0.05, 0.1) is 11.3 Å². The summed E-state index contributed by atoms with van der Waals surface area (Å²) >= 11 is 0. The van der Waals surface area contributed by atoms with Gasteiger partial charge in [-0.05, 0) is 51.1 Å². The van der Waals surface area contributed by atoms with E-state index in [9.17, 15) is 5.11 Å². The van der Waals surface area contributed by atoms with Gasteiger partial charge in [-0.3, -0.25) is 4.90 Å². The van der Waals surface area contributed by atoms with Gasteiger partial charge in [-0.15, -0.1) is 25.6 Å². The zero-order valence-corrected chi connectivity index (χ0v) is 16.3. The third-order valence-corrected chi connectivity index (χ3v) is 5.43. The van der Waals surface area contributed by atoms with Crippen LogP contribution >= 0.6 is 12.4 Å². The van der Waals surface area contributed by atoms with E-state index in [-0.39, 0.29) is 18.4 Å². The largest absolute Gasteiger partial charge is 0.388 e. The number of hydrogen-bond donors (Lipinski definition) is 1. The molecule has 1 unspecified atom stereocenters. The number of hydrogen-bond acceptors (Lipinski definition) is 5. The molecule has 1 N–H and O–H groups in total. The minimum absolute atomic E-state index is 0. The summed E-state index contributed by atoms with van der Waals surface area (Å²) in [5.41, 5.74) is 0.244. The van der Waals surface area contributed by atoms with Gasteiger partial charge in [0, 0.05) is 31.9 Å². The van der Waals surface area contributed by atoms with Crippen molar-refractivity contribution in [1.82, 2.24) is 14.9 Å². The van der Waals surface area contributed by atoms with E-state index < -0.39 is 5.60 Å². The normalized spacial score (nSPS) is 20.8. The first-order chi connectivity index (χ1) is 12.2. The van der Waals surface area contributed by atoms with Gasteiger partial charge in [0.1, 0.15) is 0 Å². The van der Waals surface area contributed by atoms with Gasteiger partial charge in [0.2, 0.25) is 5.95 Å². The van der Waals surface area contributed by atoms with Crippen LogP contribution in [-0.2, 0) is 6.54 Å². The highest BCUT2D eigenvalue weighted by atomic mass is 35.5. The molecule has 26 heavy (non-hydrogen) atoms. The Balaban J connectivity index is 0.00000243. The SMILES string of the molecule is C=CCC(O)(CC=C)C1CCCN1Cc1ccnc(N2CCCC2)n1.Cl. The third-order valence-electron chi connectivity index (χ3n) is 5.43. The number of rotatable bonds is 8. The van der Waals surface area contributed by atoms with Gasteiger partial charge >= 0.3 is 0 Å². The predicted molar refractivity (Wildman–Crippen MR) is 109 cm³/mol. The van der Waals surface area contributed by atoms with Crippen LogP contribution < -0.4 is 4.90 Å². The monoisotopic (exact) mass is 378 g/mol. The molecule has 0 aromatic carbocycles. The van der Waals surface area contributed by atoms with Crippen LogP contribution in [0.2, 0.25) is 0 Å². The lowest BCUT2D eigenvalue weighted by Crippen LogP contribution is -2.49. The fraction of sp³-hybridized carbons (Fsp3) is 0.600. The maximum atomic E-state index is 11.2. The van der Waals surface area contributed by atoms with Crippen molar-refractivity contribution < 1.29 is 5.11 Å². The van der Waals surface area contributed by atoms with Crippen molar-refractivity contribution >= 4 is 18.4 Å². The molecule has 1 aromatic rings. The maximum Gasteiger partial charge on any atom is 0.225 e. The molecule has 0 bridgehead atoms. The number of likely N-dealkylation sites (tertiary alicyclic amines) is 1. The highest BCUT2D eigenvalue weighted by Crippen LogP contribution is 2.33. The van der Waals surface area contributed by atoms with Crippen LogP contribution in [0.4, 0.5) is 5.95 Å². The van der Waals surface area contributed by atoms with Crippen molar-refractivity contribution in [3.05, 3.63) is 43.3 Å². The van der Waals surface area contributed by atoms with Crippen molar-refractivity contribution in [1.29, 1.82) is 0 Å². The van der Waals surface area contributed by atoms with Gasteiger partial charge in [-0.2, -0.15) is 0 Å². The van der Waals surface area contributed by atoms with Crippen LogP contribution in [0.15, 0.2) is 37.6 Å². The summed E-state index contributed by atoms with van der Waals surface area (Å²) in [6, 6.07) is 2.11. The lowest BCUT2D eigenvalue weighted by molar-refractivity contribution is -0.0314. The molecule has 1 aromatic heterocycles. The fourth-order valence-corrected chi connectivity index (χ4v) is 4.23. The van der Waals surface area contributed by atoms with E-state index in [0.29, 0.717) is 12.8 Å². The van der Waals surface area contributed by atoms with Crippen molar-refractivity contribution in [2.24, 2.45) is 0 Å². The molecule has 3 rings (SSSR count). The summed E-state index contributed by atoms with van der Waals surface area (Å²) in [5.74, 6) is 0.846. The molecule has 5 nitrogen and oxygen atoms in total. The Hall–Kier alpha value is -1.43. The Bertz CT molecular complexity index is 593. The summed E-state index contributed by atoms with van der Waals surface area (Å²) in [6.45, 7) is 11.5. The zero-order valence-electron chi connectivity index (χ0n) is 15.5. The highest BCUT2D eigenvalue weighted by molar-refractivity contribution is 5.85. The van der Waals surface area contributed by atoms with Crippen molar-refractivity contribution in [3.63, 3.8) is 0 Å². The summed E-state index contributed by atoms with van der Waals surface area (Å²) in [5, 5.41) is 11.2. The second kappa shape index (κ2) is 9.49. The fourth-order valence-electron chi connectivity index (χ4n) is 4.23. The van der Waals surface area contributed by atoms with E-state index >= 15 is 0 Å². The summed E-state index contributed by atoms with van der Waals surface area (Å²) in [6.07, 6.45) is 11.2. The van der Waals surface area contributed by atoms with E-state index in [4.69, 9.17) is 4.98 Å². The molecular formula is C20H31ClN4O. The Kier molecular flexibility index (Phi) is 7.62. The first kappa shape index (κ1) is 20.9. The maximum absolute atomic E-state index is 11.2. The zero-order chi connectivity index (χ0) is 17.7. The number of anilines is 1. The van der Waals surface area contributed by atoms with Gasteiger partial charge < -0.3 is 10.0 Å². The van der Waals surface area contributed by atoms with Crippen LogP contribution in [0.3, 0.4) is 0 Å². The van der Waals surface area contributed by atoms with Crippen molar-refractivity contribution in [2.45, 2.75) is 56.7 Å². The average molecular weight is 379 g/mol. The highest BCUT2D eigenvalue weighted by Gasteiger charge is 2.41. The first-order valence-corrected chi connectivity index (χ1v) is 9.41. The Morgan fingerprint density at radius 3 is 2.50 bits per heavy atom. The minimum atomic E-state index is -0.787. The van der Waals surface area contributed by atoms with Gasteiger partial charge in [0.15, 0.2) is 0 Å². The van der Waals surface area contributed by atoms with Crippen LogP contribution in [0.5, 0.6) is 0 Å². The average Bonchev–Trinajstić information content (AvgIpc) is 3.27. The number of aromatic nitrogens is 2. The van der Waals surface area contributed by atoms with E-state index in [1.807, 2.05) is 24.4 Å². The Morgan fingerprint density at radius 2 is 1.85 bits per heavy atom. The molecule has 2 fully saturated rings. The van der Waals surface area contributed by atoms with Crippen molar-refractivity contribution in [3.8, 4) is 0 Å².